The van der Waals surface area contributed by atoms with Gasteiger partial charge in [0.1, 0.15) is 31.7 Å². The zero-order chi connectivity index (χ0) is 73.0. The first kappa shape index (κ1) is 55.6. The van der Waals surface area contributed by atoms with Crippen LogP contribution in [0.25, 0.3) is 11.3 Å². The molecule has 0 aliphatic carbocycles. The first-order valence-corrected chi connectivity index (χ1v) is 32.0. The van der Waals surface area contributed by atoms with Crippen molar-refractivity contribution in [3.05, 3.63) is 245 Å². The van der Waals surface area contributed by atoms with Gasteiger partial charge in [-0.25, -0.2) is 4.57 Å². The van der Waals surface area contributed by atoms with Gasteiger partial charge in [-0.2, -0.15) is 0 Å². The van der Waals surface area contributed by atoms with Gasteiger partial charge in [-0.05, 0) is 188 Å². The molecular weight excluding hydrogens is 1100 g/mol. The molecule has 0 radical (unpaired) electrons. The molecule has 7 aromatic carbocycles. The summed E-state index contributed by atoms with van der Waals surface area (Å²) < 4.78 is 70.6. The second kappa shape index (κ2) is 28.6. The van der Waals surface area contributed by atoms with E-state index in [1.807, 2.05) is 74.2 Å². The van der Waals surface area contributed by atoms with E-state index >= 15 is 0 Å². The van der Waals surface area contributed by atoms with Crippen molar-refractivity contribution in [1.82, 2.24) is 9.80 Å². The van der Waals surface area contributed by atoms with E-state index in [1.54, 1.807) is 31.3 Å². The molecule has 9 heteroatoms. The normalized spacial score (nSPS) is 19.2. The van der Waals surface area contributed by atoms with Gasteiger partial charge in [0, 0.05) is 105 Å². The van der Waals surface area contributed by atoms with Crippen LogP contribution in [-0.2, 0) is 17.9 Å². The predicted octanol–water partition coefficient (Wildman–Crippen LogP) is 19.5. The fourth-order valence-electron chi connectivity index (χ4n) is 12.3. The Morgan fingerprint density at radius 2 is 0.833 bits per heavy atom. The highest BCUT2D eigenvalue weighted by Crippen LogP contribution is 2.46. The molecule has 0 fully saturated rings. The zero-order valence-electron chi connectivity index (χ0n) is 66.2. The average Bonchev–Trinajstić information content (AvgIpc) is 1.66. The number of fused-ring (bicyclic) bond motifs is 2. The standard InChI is InChI=1S/C24H36N.2C16H18N2.C13H18N2.C12H16N2/c1-10-23(5,6)20-15-22(19-13-12-17(3)14-18(19)4)25(9)16-21(20)24(7,8)11-2;2*1-12-8-4-5-9-14(12)18-13(2)17(3)15-10-6-7-11-16(15)18;1-10-5-6-13(11(2)9-10)15-8-7-14(4)12(15)3;1-10-6-4-5-7-12(10)14-9-8-13(3)11(14)2/h12-16H,10-11H2,1-9H3;2*4-11,13H,1-3H3;5-9,12H,1-4H3;4-9,11H,1-3H3/q+1;;;;/i;3D3;;1D3,4D3;. The summed E-state index contributed by atoms with van der Waals surface area (Å²) in [6.07, 6.45) is 12.3. The van der Waals surface area contributed by atoms with Gasteiger partial charge in [0.25, 0.3) is 0 Å². The number of rotatable bonds is 9. The summed E-state index contributed by atoms with van der Waals surface area (Å²) in [4.78, 5) is 15.9. The lowest BCUT2D eigenvalue weighted by Gasteiger charge is -2.32. The van der Waals surface area contributed by atoms with Crippen molar-refractivity contribution in [2.75, 3.05) is 57.4 Å². The summed E-state index contributed by atoms with van der Waals surface area (Å²) in [6.45, 7) is 28.3. The second-order valence-corrected chi connectivity index (χ2v) is 26.0. The summed E-state index contributed by atoms with van der Waals surface area (Å²) >= 11 is 0. The van der Waals surface area contributed by atoms with Crippen LogP contribution < -0.4 is 34.0 Å². The van der Waals surface area contributed by atoms with Crippen LogP contribution in [0.4, 0.5) is 45.5 Å². The van der Waals surface area contributed by atoms with Gasteiger partial charge >= 0.3 is 0 Å². The molecule has 0 saturated carbocycles. The topological polar surface area (TPSA) is 29.8 Å². The summed E-state index contributed by atoms with van der Waals surface area (Å²) in [7, 11) is 6.44. The maximum absolute atomic E-state index is 7.83. The molecule has 0 spiro atoms. The SMILES string of the molecule is CCC(C)(C)c1cc(-c2ccc(C)cc2C)[n+](C)cc1C(C)(C)CC.Cc1ccccc1N1C=CN(C)C1C.Cc1ccccc1N1c2ccccc2N(C)C1C.[2H]C([2H])([2H])N1c2ccccc2N(c2ccccc2C)C1C.[2H]C([2H])([2H])c1ccc(N2C=CN(C([2H])([2H])[2H])C2C)c(C)c1. The van der Waals surface area contributed by atoms with E-state index in [9.17, 15) is 0 Å². The molecule has 4 atom stereocenters. The Hall–Kier alpha value is -8.43. The molecule has 9 nitrogen and oxygen atoms in total. The Morgan fingerprint density at radius 1 is 0.411 bits per heavy atom. The summed E-state index contributed by atoms with van der Waals surface area (Å²) in [5, 5.41) is 0. The molecule has 90 heavy (non-hydrogen) atoms. The lowest BCUT2D eigenvalue weighted by atomic mass is 9.71. The van der Waals surface area contributed by atoms with Crippen molar-refractivity contribution >= 4 is 45.5 Å². The largest absolute Gasteiger partial charge is 0.359 e. The number of pyridine rings is 1. The van der Waals surface area contributed by atoms with Gasteiger partial charge in [0.15, 0.2) is 6.20 Å². The number of hydrogen-bond donors (Lipinski definition) is 0. The third-order valence-corrected chi connectivity index (χ3v) is 19.0. The molecule has 4 unspecified atom stereocenters. The minimum atomic E-state index is -2.20. The fourth-order valence-corrected chi connectivity index (χ4v) is 12.3. The smallest absolute Gasteiger partial charge is 0.212 e. The van der Waals surface area contributed by atoms with Crippen molar-refractivity contribution in [1.29, 1.82) is 0 Å². The third-order valence-electron chi connectivity index (χ3n) is 19.0. The molecule has 4 aliphatic heterocycles. The van der Waals surface area contributed by atoms with Gasteiger partial charge in [0.2, 0.25) is 5.69 Å². The van der Waals surface area contributed by atoms with Gasteiger partial charge in [0.05, 0.1) is 22.7 Å². The Balaban J connectivity index is 0.000000159. The molecule has 474 valence electrons. The van der Waals surface area contributed by atoms with Crippen molar-refractivity contribution in [2.45, 2.75) is 166 Å². The molecule has 12 rings (SSSR count). The summed E-state index contributed by atoms with van der Waals surface area (Å²) in [5.41, 5.74) is 22.2. The van der Waals surface area contributed by atoms with E-state index in [-0.39, 0.29) is 28.7 Å². The lowest BCUT2D eigenvalue weighted by Crippen LogP contribution is -2.37. The van der Waals surface area contributed by atoms with Crippen LogP contribution in [-0.4, -0.2) is 62.5 Å². The first-order valence-electron chi connectivity index (χ1n) is 36.5. The molecular formula is C81H106N9+. The molecule has 4 aliphatic rings. The van der Waals surface area contributed by atoms with E-state index in [2.05, 4.69) is 249 Å². The van der Waals surface area contributed by atoms with Crippen LogP contribution in [0.15, 0.2) is 195 Å². The Kier molecular flexibility index (Phi) is 17.7. The van der Waals surface area contributed by atoms with E-state index in [4.69, 9.17) is 12.3 Å². The Bertz CT molecular complexity index is 4150. The molecule has 0 amide bonds. The van der Waals surface area contributed by atoms with E-state index in [0.29, 0.717) is 12.3 Å². The highest BCUT2D eigenvalue weighted by atomic mass is 15.4. The van der Waals surface area contributed by atoms with Crippen LogP contribution in [0.3, 0.4) is 0 Å². The van der Waals surface area contributed by atoms with E-state index < -0.39 is 20.8 Å². The van der Waals surface area contributed by atoms with Crippen molar-refractivity contribution < 1.29 is 16.9 Å². The van der Waals surface area contributed by atoms with E-state index in [1.165, 1.54) is 83.4 Å². The molecule has 0 bridgehead atoms. The number of nitrogens with zero attached hydrogens (tertiary/aromatic N) is 9. The summed E-state index contributed by atoms with van der Waals surface area (Å²) in [6, 6.07) is 55.5. The third kappa shape index (κ3) is 14.4. The Morgan fingerprint density at radius 3 is 1.29 bits per heavy atom. The lowest BCUT2D eigenvalue weighted by molar-refractivity contribution is -0.661. The van der Waals surface area contributed by atoms with Gasteiger partial charge < -0.3 is 39.2 Å². The fraction of sp³-hybridized carbons (Fsp3) is 0.370. The van der Waals surface area contributed by atoms with Gasteiger partial charge in [-0.3, -0.25) is 0 Å². The average molecular weight is 1210 g/mol. The van der Waals surface area contributed by atoms with Crippen LogP contribution in [0.1, 0.15) is 144 Å². The molecule has 5 heterocycles. The number of anilines is 8. The predicted molar refractivity (Wildman–Crippen MR) is 389 cm³/mol. The first-order chi connectivity index (χ1) is 46.4. The van der Waals surface area contributed by atoms with Crippen molar-refractivity contribution in [3.8, 4) is 11.3 Å². The van der Waals surface area contributed by atoms with Gasteiger partial charge in [-0.1, -0.05) is 156 Å². The number of aromatic nitrogens is 1. The maximum Gasteiger partial charge on any atom is 0.212 e. The minimum absolute atomic E-state index is 0.170. The molecule has 0 N–H and O–H groups in total. The van der Waals surface area contributed by atoms with Gasteiger partial charge in [-0.15, -0.1) is 0 Å². The number of para-hydroxylation sites is 7. The second-order valence-electron chi connectivity index (χ2n) is 26.0. The Labute approximate surface area is 556 Å². The van der Waals surface area contributed by atoms with Crippen LogP contribution >= 0.6 is 0 Å². The molecule has 8 aromatic rings. The van der Waals surface area contributed by atoms with E-state index in [0.717, 1.165) is 46.7 Å². The number of aryl methyl sites for hydroxylation is 8. The maximum atomic E-state index is 7.83. The van der Waals surface area contributed by atoms with Crippen LogP contribution in [0.2, 0.25) is 0 Å². The monoisotopic (exact) mass is 1210 g/mol. The summed E-state index contributed by atoms with van der Waals surface area (Å²) in [5.74, 6) is 0. The minimum Gasteiger partial charge on any atom is -0.359 e. The zero-order valence-corrected chi connectivity index (χ0v) is 57.2. The number of hydrogen-bond acceptors (Lipinski definition) is 8. The van der Waals surface area contributed by atoms with Crippen molar-refractivity contribution in [2.24, 2.45) is 7.05 Å². The van der Waals surface area contributed by atoms with Crippen molar-refractivity contribution in [3.63, 3.8) is 0 Å². The highest BCUT2D eigenvalue weighted by Gasteiger charge is 2.35. The number of benzene rings is 7. The highest BCUT2D eigenvalue weighted by molar-refractivity contribution is 5.85. The van der Waals surface area contributed by atoms with Crippen LogP contribution in [0, 0.1) is 48.4 Å². The molecule has 0 saturated heterocycles. The van der Waals surface area contributed by atoms with Crippen LogP contribution in [0.5, 0.6) is 0 Å². The quantitative estimate of drug-likeness (QED) is 0.132. The molecule has 1 aromatic heterocycles.